The van der Waals surface area contributed by atoms with Crippen molar-refractivity contribution < 1.29 is 14.0 Å². The van der Waals surface area contributed by atoms with Crippen LogP contribution < -0.4 is 10.6 Å². The van der Waals surface area contributed by atoms with Gasteiger partial charge in [-0.1, -0.05) is 29.8 Å². The van der Waals surface area contributed by atoms with Crippen molar-refractivity contribution in [2.24, 2.45) is 0 Å². The molecular formula is C22H21ClFN3O2S. The van der Waals surface area contributed by atoms with Gasteiger partial charge in [-0.05, 0) is 61.4 Å². The van der Waals surface area contributed by atoms with Crippen LogP contribution in [-0.2, 0) is 0 Å². The van der Waals surface area contributed by atoms with E-state index in [0.717, 1.165) is 5.56 Å². The minimum atomic E-state index is -0.325. The van der Waals surface area contributed by atoms with Crippen molar-refractivity contribution in [3.63, 3.8) is 0 Å². The average Bonchev–Trinajstić information content (AvgIpc) is 3.24. The summed E-state index contributed by atoms with van der Waals surface area (Å²) < 4.78 is 13.6. The number of thiophene rings is 1. The zero-order chi connectivity index (χ0) is 21.7. The highest BCUT2D eigenvalue weighted by Gasteiger charge is 2.18. The number of halogens is 2. The Morgan fingerprint density at radius 3 is 2.57 bits per heavy atom. The van der Waals surface area contributed by atoms with Crippen molar-refractivity contribution in [1.82, 2.24) is 10.2 Å². The summed E-state index contributed by atoms with van der Waals surface area (Å²) >= 11 is 7.50. The lowest BCUT2D eigenvalue weighted by molar-refractivity contribution is 0.0940. The largest absolute Gasteiger partial charge is 0.350 e. The molecule has 5 nitrogen and oxygen atoms in total. The lowest BCUT2D eigenvalue weighted by Gasteiger charge is -2.25. The molecule has 1 unspecified atom stereocenters. The maximum Gasteiger partial charge on any atom is 0.265 e. The summed E-state index contributed by atoms with van der Waals surface area (Å²) in [6.45, 7) is 0.287. The summed E-state index contributed by atoms with van der Waals surface area (Å²) in [4.78, 5) is 27.4. The van der Waals surface area contributed by atoms with Gasteiger partial charge in [0, 0.05) is 12.1 Å². The molecule has 156 valence electrons. The van der Waals surface area contributed by atoms with Crippen molar-refractivity contribution >= 4 is 40.4 Å². The first-order valence-electron chi connectivity index (χ1n) is 9.19. The molecule has 0 aliphatic rings. The van der Waals surface area contributed by atoms with E-state index in [4.69, 9.17) is 11.6 Å². The molecule has 0 saturated heterocycles. The molecule has 2 amide bonds. The van der Waals surface area contributed by atoms with Crippen LogP contribution in [0.25, 0.3) is 0 Å². The number of amides is 2. The SMILES string of the molecule is CN(C)C(CNC(=O)c1ccc(Cl)c(NC(=O)c2cccs2)c1)c1cccc(F)c1. The van der Waals surface area contributed by atoms with E-state index in [1.165, 1.54) is 29.5 Å². The molecule has 0 spiro atoms. The monoisotopic (exact) mass is 445 g/mol. The molecule has 3 rings (SSSR count). The molecule has 1 atom stereocenters. The Hall–Kier alpha value is -2.74. The van der Waals surface area contributed by atoms with Crippen molar-refractivity contribution in [2.45, 2.75) is 6.04 Å². The van der Waals surface area contributed by atoms with E-state index in [1.54, 1.807) is 35.7 Å². The molecule has 0 aliphatic heterocycles. The standard InChI is InChI=1S/C22H21ClFN3O2S/c1-27(2)19(14-5-3-6-16(24)11-14)13-25-21(28)15-8-9-17(23)18(12-15)26-22(29)20-7-4-10-30-20/h3-12,19H,13H2,1-2H3,(H,25,28)(H,26,29). The molecule has 0 fully saturated rings. The smallest absolute Gasteiger partial charge is 0.265 e. The van der Waals surface area contributed by atoms with Gasteiger partial charge in [0.15, 0.2) is 0 Å². The minimum absolute atomic E-state index is 0.199. The highest BCUT2D eigenvalue weighted by atomic mass is 35.5. The number of carbonyl (C=O) groups excluding carboxylic acids is 2. The van der Waals surface area contributed by atoms with E-state index < -0.39 is 0 Å². The quantitative estimate of drug-likeness (QED) is 0.547. The van der Waals surface area contributed by atoms with Crippen LogP contribution in [0.1, 0.15) is 31.6 Å². The topological polar surface area (TPSA) is 61.4 Å². The highest BCUT2D eigenvalue weighted by molar-refractivity contribution is 7.12. The first-order valence-corrected chi connectivity index (χ1v) is 10.5. The van der Waals surface area contributed by atoms with E-state index in [0.29, 0.717) is 21.2 Å². The van der Waals surface area contributed by atoms with E-state index >= 15 is 0 Å². The molecule has 0 bridgehead atoms. The molecule has 0 saturated carbocycles. The number of carbonyl (C=O) groups is 2. The maximum absolute atomic E-state index is 13.6. The predicted octanol–water partition coefficient (Wildman–Crippen LogP) is 4.83. The molecule has 2 N–H and O–H groups in total. The van der Waals surface area contributed by atoms with E-state index in [9.17, 15) is 14.0 Å². The number of likely N-dealkylation sites (N-methyl/N-ethyl adjacent to an activating group) is 1. The molecule has 3 aromatic rings. The fourth-order valence-corrected chi connectivity index (χ4v) is 3.74. The molecule has 30 heavy (non-hydrogen) atoms. The zero-order valence-corrected chi connectivity index (χ0v) is 18.1. The maximum atomic E-state index is 13.6. The second-order valence-electron chi connectivity index (χ2n) is 6.87. The highest BCUT2D eigenvalue weighted by Crippen LogP contribution is 2.25. The second-order valence-corrected chi connectivity index (χ2v) is 8.23. The van der Waals surface area contributed by atoms with Crippen LogP contribution in [0.3, 0.4) is 0 Å². The second kappa shape index (κ2) is 9.84. The van der Waals surface area contributed by atoms with Crippen molar-refractivity contribution in [3.8, 4) is 0 Å². The molecular weight excluding hydrogens is 425 g/mol. The van der Waals surface area contributed by atoms with Crippen LogP contribution >= 0.6 is 22.9 Å². The third-order valence-corrected chi connectivity index (χ3v) is 5.73. The molecule has 0 radical (unpaired) electrons. The number of hydrogen-bond acceptors (Lipinski definition) is 4. The van der Waals surface area contributed by atoms with Crippen molar-refractivity contribution in [2.75, 3.05) is 26.0 Å². The third-order valence-electron chi connectivity index (χ3n) is 4.53. The first-order chi connectivity index (χ1) is 14.3. The Bertz CT molecular complexity index is 1040. The minimum Gasteiger partial charge on any atom is -0.350 e. The summed E-state index contributed by atoms with van der Waals surface area (Å²) in [6.07, 6.45) is 0. The molecule has 8 heteroatoms. The Morgan fingerprint density at radius 1 is 1.10 bits per heavy atom. The lowest BCUT2D eigenvalue weighted by atomic mass is 10.1. The number of rotatable bonds is 7. The van der Waals surface area contributed by atoms with Crippen LogP contribution in [0.15, 0.2) is 60.0 Å². The lowest BCUT2D eigenvalue weighted by Crippen LogP contribution is -2.34. The number of anilines is 1. The van der Waals surface area contributed by atoms with Gasteiger partial charge in [0.25, 0.3) is 11.8 Å². The van der Waals surface area contributed by atoms with Gasteiger partial charge in [-0.15, -0.1) is 11.3 Å². The van der Waals surface area contributed by atoms with Gasteiger partial charge in [0.2, 0.25) is 0 Å². The average molecular weight is 446 g/mol. The van der Waals surface area contributed by atoms with Gasteiger partial charge in [-0.3, -0.25) is 9.59 Å². The zero-order valence-electron chi connectivity index (χ0n) is 16.5. The third kappa shape index (κ3) is 5.44. The Labute approximate surface area is 183 Å². The number of nitrogens with one attached hydrogen (secondary N) is 2. The summed E-state index contributed by atoms with van der Waals surface area (Å²) in [6, 6.07) is 14.3. The Morgan fingerprint density at radius 2 is 1.90 bits per heavy atom. The Kier molecular flexibility index (Phi) is 7.20. The molecule has 2 aromatic carbocycles. The van der Waals surface area contributed by atoms with Crippen LogP contribution in [0.2, 0.25) is 5.02 Å². The number of nitrogens with zero attached hydrogens (tertiary/aromatic N) is 1. The van der Waals surface area contributed by atoms with E-state index in [-0.39, 0.29) is 30.2 Å². The van der Waals surface area contributed by atoms with Gasteiger partial charge in [-0.25, -0.2) is 4.39 Å². The van der Waals surface area contributed by atoms with Crippen LogP contribution in [-0.4, -0.2) is 37.4 Å². The predicted molar refractivity (Wildman–Crippen MR) is 119 cm³/mol. The van der Waals surface area contributed by atoms with Crippen LogP contribution in [0, 0.1) is 5.82 Å². The van der Waals surface area contributed by atoms with Gasteiger partial charge >= 0.3 is 0 Å². The fourth-order valence-electron chi connectivity index (χ4n) is 2.96. The summed E-state index contributed by atoms with van der Waals surface area (Å²) in [7, 11) is 3.73. The van der Waals surface area contributed by atoms with Crippen molar-refractivity contribution in [1.29, 1.82) is 0 Å². The summed E-state index contributed by atoms with van der Waals surface area (Å²) in [5.41, 5.74) is 1.48. The van der Waals surface area contributed by atoms with Crippen LogP contribution in [0.4, 0.5) is 10.1 Å². The number of hydrogen-bond donors (Lipinski definition) is 2. The van der Waals surface area contributed by atoms with Gasteiger partial charge < -0.3 is 15.5 Å². The Balaban J connectivity index is 1.71. The summed E-state index contributed by atoms with van der Waals surface area (Å²) in [5.74, 6) is -0.931. The van der Waals surface area contributed by atoms with Crippen molar-refractivity contribution in [3.05, 3.63) is 86.8 Å². The van der Waals surface area contributed by atoms with Crippen LogP contribution in [0.5, 0.6) is 0 Å². The number of benzene rings is 2. The van der Waals surface area contributed by atoms with E-state index in [1.807, 2.05) is 25.1 Å². The molecule has 1 heterocycles. The fraction of sp³-hybridized carbons (Fsp3) is 0.182. The summed E-state index contributed by atoms with van der Waals surface area (Å²) in [5, 5.41) is 7.74. The van der Waals surface area contributed by atoms with Gasteiger partial charge in [-0.2, -0.15) is 0 Å². The van der Waals surface area contributed by atoms with E-state index in [2.05, 4.69) is 10.6 Å². The first kappa shape index (κ1) is 22.0. The molecule has 1 aromatic heterocycles. The molecule has 0 aliphatic carbocycles. The normalized spacial score (nSPS) is 11.9. The van der Waals surface area contributed by atoms with Gasteiger partial charge in [0.1, 0.15) is 5.82 Å². The van der Waals surface area contributed by atoms with Gasteiger partial charge in [0.05, 0.1) is 21.6 Å².